The Balaban J connectivity index is 1.47. The SMILES string of the molecule is O=C1C[C@H](c2ccc(O)cc2)Oc2cc(O)c([C@H]3C(=O)c4ccc(O)cc4O[C@@H]3c3ccc(O)cc3)c(O)c21. The first-order valence-electron chi connectivity index (χ1n) is 12.1. The van der Waals surface area contributed by atoms with Crippen molar-refractivity contribution in [3.05, 3.63) is 101 Å². The van der Waals surface area contributed by atoms with Crippen molar-refractivity contribution < 1.29 is 44.6 Å². The predicted octanol–water partition coefficient (Wildman–Crippen LogP) is 5.02. The third-order valence-corrected chi connectivity index (χ3v) is 7.07. The van der Waals surface area contributed by atoms with E-state index in [-0.39, 0.29) is 51.9 Å². The van der Waals surface area contributed by atoms with E-state index in [2.05, 4.69) is 0 Å². The topological polar surface area (TPSA) is 154 Å². The van der Waals surface area contributed by atoms with Crippen molar-refractivity contribution in [3.63, 3.8) is 0 Å². The second-order valence-corrected chi connectivity index (χ2v) is 9.51. The second-order valence-electron chi connectivity index (χ2n) is 9.51. The molecule has 9 nitrogen and oxygen atoms in total. The highest BCUT2D eigenvalue weighted by Crippen LogP contribution is 2.53. The Labute approximate surface area is 221 Å². The molecule has 0 unspecified atom stereocenters. The van der Waals surface area contributed by atoms with Gasteiger partial charge in [-0.15, -0.1) is 0 Å². The summed E-state index contributed by atoms with van der Waals surface area (Å²) in [5, 5.41) is 51.8. The van der Waals surface area contributed by atoms with E-state index in [0.717, 1.165) is 0 Å². The highest BCUT2D eigenvalue weighted by atomic mass is 16.5. The third kappa shape index (κ3) is 4.04. The highest BCUT2D eigenvalue weighted by Gasteiger charge is 2.44. The van der Waals surface area contributed by atoms with Gasteiger partial charge in [0.15, 0.2) is 11.6 Å². The van der Waals surface area contributed by atoms with Gasteiger partial charge >= 0.3 is 0 Å². The van der Waals surface area contributed by atoms with Crippen LogP contribution in [0, 0.1) is 0 Å². The lowest BCUT2D eigenvalue weighted by Crippen LogP contribution is -2.30. The van der Waals surface area contributed by atoms with Gasteiger partial charge < -0.3 is 35.0 Å². The molecule has 4 aromatic rings. The summed E-state index contributed by atoms with van der Waals surface area (Å²) in [7, 11) is 0. The number of hydrogen-bond acceptors (Lipinski definition) is 9. The zero-order valence-electron chi connectivity index (χ0n) is 20.2. The van der Waals surface area contributed by atoms with Gasteiger partial charge in [0.2, 0.25) is 0 Å². The van der Waals surface area contributed by atoms with Crippen molar-refractivity contribution >= 4 is 11.6 Å². The number of benzene rings is 4. The largest absolute Gasteiger partial charge is 0.508 e. The molecule has 196 valence electrons. The van der Waals surface area contributed by atoms with E-state index in [0.29, 0.717) is 11.1 Å². The summed E-state index contributed by atoms with van der Waals surface area (Å²) in [6.45, 7) is 0. The number of rotatable bonds is 3. The molecule has 3 atom stereocenters. The van der Waals surface area contributed by atoms with E-state index in [4.69, 9.17) is 9.47 Å². The maximum Gasteiger partial charge on any atom is 0.178 e. The van der Waals surface area contributed by atoms with Crippen LogP contribution < -0.4 is 9.47 Å². The highest BCUT2D eigenvalue weighted by molar-refractivity contribution is 6.08. The van der Waals surface area contributed by atoms with E-state index in [1.165, 1.54) is 60.7 Å². The number of ether oxygens (including phenoxy) is 2. The van der Waals surface area contributed by atoms with Crippen LogP contribution in [-0.4, -0.2) is 37.1 Å². The Kier molecular flexibility index (Phi) is 5.57. The molecule has 2 heterocycles. The minimum absolute atomic E-state index is 0.0131. The average Bonchev–Trinajstić information content (AvgIpc) is 2.90. The van der Waals surface area contributed by atoms with Crippen LogP contribution in [0.25, 0.3) is 0 Å². The van der Waals surface area contributed by atoms with E-state index >= 15 is 0 Å². The number of Topliss-reactive ketones (excluding diaryl/α,β-unsaturated/α-hetero) is 2. The number of carbonyl (C=O) groups excluding carboxylic acids is 2. The van der Waals surface area contributed by atoms with Crippen molar-refractivity contribution in [1.29, 1.82) is 0 Å². The smallest absolute Gasteiger partial charge is 0.178 e. The Bertz CT molecular complexity index is 1620. The molecule has 0 amide bonds. The fourth-order valence-corrected chi connectivity index (χ4v) is 5.18. The normalized spacial score (nSPS) is 19.9. The number of phenolic OH excluding ortho intramolecular Hbond substituents is 5. The molecule has 0 fully saturated rings. The van der Waals surface area contributed by atoms with Gasteiger partial charge in [-0.2, -0.15) is 0 Å². The number of aromatic hydroxyl groups is 5. The molecule has 2 aliphatic heterocycles. The molecule has 0 aliphatic carbocycles. The number of hydrogen-bond donors (Lipinski definition) is 5. The van der Waals surface area contributed by atoms with Crippen LogP contribution >= 0.6 is 0 Å². The Hall–Kier alpha value is -5.18. The van der Waals surface area contributed by atoms with Crippen molar-refractivity contribution in [1.82, 2.24) is 0 Å². The van der Waals surface area contributed by atoms with Gasteiger partial charge in [0, 0.05) is 12.1 Å². The predicted molar refractivity (Wildman–Crippen MR) is 137 cm³/mol. The first kappa shape index (κ1) is 24.2. The van der Waals surface area contributed by atoms with Gasteiger partial charge in [-0.05, 0) is 47.5 Å². The van der Waals surface area contributed by atoms with Crippen molar-refractivity contribution in [3.8, 4) is 40.2 Å². The second kappa shape index (κ2) is 8.98. The minimum Gasteiger partial charge on any atom is -0.508 e. The molecule has 0 spiro atoms. The van der Waals surface area contributed by atoms with Crippen molar-refractivity contribution in [2.24, 2.45) is 0 Å². The minimum atomic E-state index is -1.28. The average molecular weight is 526 g/mol. The maximum absolute atomic E-state index is 13.8. The third-order valence-electron chi connectivity index (χ3n) is 7.07. The first-order chi connectivity index (χ1) is 18.7. The van der Waals surface area contributed by atoms with Gasteiger partial charge in [-0.1, -0.05) is 24.3 Å². The maximum atomic E-state index is 13.8. The molecule has 0 bridgehead atoms. The summed E-state index contributed by atoms with van der Waals surface area (Å²) in [6, 6.07) is 17.3. The lowest BCUT2D eigenvalue weighted by Gasteiger charge is -2.35. The van der Waals surface area contributed by atoms with E-state index in [1.807, 2.05) is 0 Å². The van der Waals surface area contributed by atoms with Gasteiger partial charge in [-0.3, -0.25) is 9.59 Å². The summed E-state index contributed by atoms with van der Waals surface area (Å²) < 4.78 is 12.1. The molecule has 6 rings (SSSR count). The molecule has 0 radical (unpaired) electrons. The fraction of sp³-hybridized carbons (Fsp3) is 0.133. The quantitative estimate of drug-likeness (QED) is 0.247. The monoisotopic (exact) mass is 526 g/mol. The zero-order valence-corrected chi connectivity index (χ0v) is 20.2. The van der Waals surface area contributed by atoms with Crippen LogP contribution in [0.15, 0.2) is 72.8 Å². The Morgan fingerprint density at radius 2 is 1.28 bits per heavy atom. The molecule has 4 aromatic carbocycles. The molecule has 0 saturated heterocycles. The summed E-state index contributed by atoms with van der Waals surface area (Å²) >= 11 is 0. The summed E-state index contributed by atoms with van der Waals surface area (Å²) in [5.41, 5.74) is 0.839. The fourth-order valence-electron chi connectivity index (χ4n) is 5.18. The van der Waals surface area contributed by atoms with Crippen LogP contribution in [0.5, 0.6) is 40.2 Å². The van der Waals surface area contributed by atoms with Crippen LogP contribution in [0.2, 0.25) is 0 Å². The molecule has 0 saturated carbocycles. The Morgan fingerprint density at radius 1 is 0.667 bits per heavy atom. The molecular formula is C30H22O9. The molecule has 39 heavy (non-hydrogen) atoms. The van der Waals surface area contributed by atoms with Gasteiger partial charge in [0.1, 0.15) is 58.0 Å². The van der Waals surface area contributed by atoms with E-state index in [1.54, 1.807) is 12.1 Å². The van der Waals surface area contributed by atoms with Crippen LogP contribution in [0.1, 0.15) is 62.0 Å². The molecule has 2 aliphatic rings. The van der Waals surface area contributed by atoms with Crippen LogP contribution in [-0.2, 0) is 0 Å². The summed E-state index contributed by atoms with van der Waals surface area (Å²) in [6.07, 6.45) is -1.90. The van der Waals surface area contributed by atoms with Crippen LogP contribution in [0.4, 0.5) is 0 Å². The van der Waals surface area contributed by atoms with Crippen LogP contribution in [0.3, 0.4) is 0 Å². The Morgan fingerprint density at radius 3 is 1.95 bits per heavy atom. The molecule has 9 heteroatoms. The number of ketones is 2. The summed E-state index contributed by atoms with van der Waals surface area (Å²) in [5.74, 6) is -3.31. The number of phenols is 5. The van der Waals surface area contributed by atoms with E-state index in [9.17, 15) is 35.1 Å². The molecule has 0 aromatic heterocycles. The van der Waals surface area contributed by atoms with Crippen molar-refractivity contribution in [2.75, 3.05) is 0 Å². The lowest BCUT2D eigenvalue weighted by molar-refractivity contribution is 0.0764. The standard InChI is InChI=1S/C30H22O9/c31-16-5-1-14(2-6-16)22-12-20(34)25-24(38-22)13-21(35)26(29(25)37)27-28(36)19-10-9-18(33)11-23(19)39-30(27)15-3-7-17(32)8-4-15/h1-11,13,22,27,30-33,35,37H,12H2/t22-,27+,30-/m1/s1. The lowest BCUT2D eigenvalue weighted by atomic mass is 9.78. The van der Waals surface area contributed by atoms with Crippen molar-refractivity contribution in [2.45, 2.75) is 24.5 Å². The first-order valence-corrected chi connectivity index (χ1v) is 12.1. The van der Waals surface area contributed by atoms with E-state index < -0.39 is 41.2 Å². The van der Waals surface area contributed by atoms with Gasteiger partial charge in [0.05, 0.1) is 23.5 Å². The number of carbonyl (C=O) groups is 2. The molecular weight excluding hydrogens is 504 g/mol. The summed E-state index contributed by atoms with van der Waals surface area (Å²) in [4.78, 5) is 27.1. The number of fused-ring (bicyclic) bond motifs is 2. The van der Waals surface area contributed by atoms with Gasteiger partial charge in [-0.25, -0.2) is 0 Å². The zero-order chi connectivity index (χ0) is 27.4. The molecule has 5 N–H and O–H groups in total. The van der Waals surface area contributed by atoms with Gasteiger partial charge in [0.25, 0.3) is 0 Å².